The van der Waals surface area contributed by atoms with Crippen LogP contribution < -0.4 is 5.32 Å². The zero-order valence-corrected chi connectivity index (χ0v) is 7.46. The van der Waals surface area contributed by atoms with E-state index in [9.17, 15) is 9.59 Å². The molecule has 4 heteroatoms. The number of likely N-dealkylation sites (N-methyl/N-ethyl adjacent to an activating group) is 1. The average Bonchev–Trinajstić information content (AvgIpc) is 2.50. The van der Waals surface area contributed by atoms with Gasteiger partial charge in [0.1, 0.15) is 6.04 Å². The van der Waals surface area contributed by atoms with Crippen molar-refractivity contribution in [3.63, 3.8) is 0 Å². The van der Waals surface area contributed by atoms with Crippen LogP contribution in [0.2, 0.25) is 0 Å². The van der Waals surface area contributed by atoms with E-state index in [1.807, 2.05) is 0 Å². The lowest BCUT2D eigenvalue weighted by molar-refractivity contribution is -0.136. The van der Waals surface area contributed by atoms with Crippen LogP contribution in [-0.2, 0) is 9.59 Å². The summed E-state index contributed by atoms with van der Waals surface area (Å²) < 4.78 is 0. The Morgan fingerprint density at radius 3 is 2.67 bits per heavy atom. The normalized spacial score (nSPS) is 22.5. The highest BCUT2D eigenvalue weighted by Crippen LogP contribution is 2.16. The summed E-state index contributed by atoms with van der Waals surface area (Å²) in [5, 5.41) is 2.56. The molecule has 0 unspecified atom stereocenters. The summed E-state index contributed by atoms with van der Waals surface area (Å²) in [5.41, 5.74) is 0. The number of rotatable bonds is 1. The van der Waals surface area contributed by atoms with Gasteiger partial charge >= 0.3 is 0 Å². The molecule has 1 atom stereocenters. The number of hydrogen-bond acceptors (Lipinski definition) is 2. The van der Waals surface area contributed by atoms with Gasteiger partial charge in [0.15, 0.2) is 0 Å². The maximum Gasteiger partial charge on any atom is 0.242 e. The Hall–Kier alpha value is -1.06. The van der Waals surface area contributed by atoms with Crippen LogP contribution in [-0.4, -0.2) is 36.3 Å². The third kappa shape index (κ3) is 1.57. The molecule has 0 aromatic rings. The second-order valence-electron chi connectivity index (χ2n) is 2.98. The molecule has 0 aromatic carbocycles. The SMILES string of the molecule is CNC(=O)[C@@H]1CCCN1C(C)=O. The van der Waals surface area contributed by atoms with Crippen LogP contribution in [0, 0.1) is 0 Å². The topological polar surface area (TPSA) is 49.4 Å². The number of nitrogens with one attached hydrogen (secondary N) is 1. The fourth-order valence-corrected chi connectivity index (χ4v) is 1.58. The summed E-state index contributed by atoms with van der Waals surface area (Å²) in [6.07, 6.45) is 1.72. The maximum atomic E-state index is 11.2. The zero-order chi connectivity index (χ0) is 9.14. The molecule has 68 valence electrons. The summed E-state index contributed by atoms with van der Waals surface area (Å²) in [6.45, 7) is 2.22. The predicted molar refractivity (Wildman–Crippen MR) is 44.5 cm³/mol. The molecule has 1 N–H and O–H groups in total. The zero-order valence-electron chi connectivity index (χ0n) is 7.46. The van der Waals surface area contributed by atoms with Crippen molar-refractivity contribution in [3.8, 4) is 0 Å². The Morgan fingerprint density at radius 2 is 2.17 bits per heavy atom. The maximum absolute atomic E-state index is 11.2. The van der Waals surface area contributed by atoms with Crippen molar-refractivity contribution in [1.29, 1.82) is 0 Å². The first-order valence-electron chi connectivity index (χ1n) is 4.15. The highest BCUT2D eigenvalue weighted by Gasteiger charge is 2.31. The molecule has 1 aliphatic rings. The lowest BCUT2D eigenvalue weighted by Crippen LogP contribution is -2.43. The van der Waals surface area contributed by atoms with Gasteiger partial charge in [0.25, 0.3) is 0 Å². The van der Waals surface area contributed by atoms with Crippen LogP contribution in [0.5, 0.6) is 0 Å². The summed E-state index contributed by atoms with van der Waals surface area (Å²) in [6, 6.07) is -0.229. The van der Waals surface area contributed by atoms with Gasteiger partial charge < -0.3 is 10.2 Å². The standard InChI is InChI=1S/C8H14N2O2/c1-6(11)10-5-3-4-7(10)8(12)9-2/h7H,3-5H2,1-2H3,(H,9,12)/t7-/m0/s1. The number of likely N-dealkylation sites (tertiary alicyclic amines) is 1. The van der Waals surface area contributed by atoms with Gasteiger partial charge in [-0.3, -0.25) is 9.59 Å². The Bertz CT molecular complexity index is 203. The first kappa shape index (κ1) is 9.03. The smallest absolute Gasteiger partial charge is 0.242 e. The Balaban J connectivity index is 2.63. The third-order valence-electron chi connectivity index (χ3n) is 2.21. The Kier molecular flexibility index (Phi) is 2.68. The van der Waals surface area contributed by atoms with Crippen LogP contribution in [0.4, 0.5) is 0 Å². The summed E-state index contributed by atoms with van der Waals surface area (Å²) >= 11 is 0. The number of carbonyl (C=O) groups excluding carboxylic acids is 2. The van der Waals surface area contributed by atoms with E-state index >= 15 is 0 Å². The van der Waals surface area contributed by atoms with Crippen LogP contribution in [0.25, 0.3) is 0 Å². The molecule has 2 amide bonds. The van der Waals surface area contributed by atoms with Gasteiger partial charge in [-0.05, 0) is 12.8 Å². The summed E-state index contributed by atoms with van der Waals surface area (Å²) in [4.78, 5) is 23.9. The second kappa shape index (κ2) is 3.56. The number of nitrogens with zero attached hydrogens (tertiary/aromatic N) is 1. The van der Waals surface area contributed by atoms with E-state index in [0.717, 1.165) is 12.8 Å². The quantitative estimate of drug-likeness (QED) is 0.589. The second-order valence-corrected chi connectivity index (χ2v) is 2.98. The van der Waals surface area contributed by atoms with Crippen molar-refractivity contribution >= 4 is 11.8 Å². The molecule has 1 aliphatic heterocycles. The largest absolute Gasteiger partial charge is 0.357 e. The fourth-order valence-electron chi connectivity index (χ4n) is 1.58. The molecule has 0 aliphatic carbocycles. The van der Waals surface area contributed by atoms with E-state index in [4.69, 9.17) is 0 Å². The first-order chi connectivity index (χ1) is 5.66. The van der Waals surface area contributed by atoms with Crippen molar-refractivity contribution < 1.29 is 9.59 Å². The molecule has 4 nitrogen and oxygen atoms in total. The van der Waals surface area contributed by atoms with Gasteiger partial charge in [-0.25, -0.2) is 0 Å². The molecule has 0 saturated carbocycles. The van der Waals surface area contributed by atoms with Crippen molar-refractivity contribution in [2.24, 2.45) is 0 Å². The molecule has 1 rings (SSSR count). The minimum absolute atomic E-state index is 0.0129. The molecule has 0 spiro atoms. The van der Waals surface area contributed by atoms with Crippen molar-refractivity contribution in [2.45, 2.75) is 25.8 Å². The van der Waals surface area contributed by atoms with Gasteiger partial charge in [0.2, 0.25) is 11.8 Å². The van der Waals surface area contributed by atoms with E-state index in [2.05, 4.69) is 5.32 Å². The molecule has 12 heavy (non-hydrogen) atoms. The molecule has 0 bridgehead atoms. The van der Waals surface area contributed by atoms with Crippen LogP contribution in [0.15, 0.2) is 0 Å². The monoisotopic (exact) mass is 170 g/mol. The number of carbonyl (C=O) groups is 2. The average molecular weight is 170 g/mol. The van der Waals surface area contributed by atoms with E-state index in [1.165, 1.54) is 6.92 Å². The van der Waals surface area contributed by atoms with Gasteiger partial charge in [-0.15, -0.1) is 0 Å². The van der Waals surface area contributed by atoms with E-state index in [0.29, 0.717) is 6.54 Å². The van der Waals surface area contributed by atoms with Crippen LogP contribution in [0.3, 0.4) is 0 Å². The minimum Gasteiger partial charge on any atom is -0.357 e. The minimum atomic E-state index is -0.229. The number of amides is 2. The van der Waals surface area contributed by atoms with Gasteiger partial charge in [0.05, 0.1) is 0 Å². The van der Waals surface area contributed by atoms with E-state index < -0.39 is 0 Å². The van der Waals surface area contributed by atoms with E-state index in [-0.39, 0.29) is 17.9 Å². The van der Waals surface area contributed by atoms with Crippen LogP contribution >= 0.6 is 0 Å². The highest BCUT2D eigenvalue weighted by molar-refractivity contribution is 5.87. The Labute approximate surface area is 71.9 Å². The first-order valence-corrected chi connectivity index (χ1v) is 4.15. The van der Waals surface area contributed by atoms with Crippen molar-refractivity contribution in [1.82, 2.24) is 10.2 Å². The third-order valence-corrected chi connectivity index (χ3v) is 2.21. The predicted octanol–water partition coefficient (Wildman–Crippen LogP) is -0.257. The molecular formula is C8H14N2O2. The van der Waals surface area contributed by atoms with Gasteiger partial charge in [-0.1, -0.05) is 0 Å². The summed E-state index contributed by atoms with van der Waals surface area (Å²) in [5.74, 6) is -0.0659. The summed E-state index contributed by atoms with van der Waals surface area (Å²) in [7, 11) is 1.60. The fraction of sp³-hybridized carbons (Fsp3) is 0.750. The van der Waals surface area contributed by atoms with Crippen molar-refractivity contribution in [2.75, 3.05) is 13.6 Å². The molecular weight excluding hydrogens is 156 g/mol. The highest BCUT2D eigenvalue weighted by atomic mass is 16.2. The molecule has 1 saturated heterocycles. The molecule has 1 fully saturated rings. The Morgan fingerprint density at radius 1 is 1.50 bits per heavy atom. The molecule has 1 heterocycles. The molecule has 0 radical (unpaired) electrons. The van der Waals surface area contributed by atoms with E-state index in [1.54, 1.807) is 11.9 Å². The lowest BCUT2D eigenvalue weighted by Gasteiger charge is -2.21. The van der Waals surface area contributed by atoms with Gasteiger partial charge in [0, 0.05) is 20.5 Å². The lowest BCUT2D eigenvalue weighted by atomic mass is 10.2. The molecule has 0 aromatic heterocycles. The van der Waals surface area contributed by atoms with Crippen LogP contribution in [0.1, 0.15) is 19.8 Å². The van der Waals surface area contributed by atoms with Gasteiger partial charge in [-0.2, -0.15) is 0 Å². The number of hydrogen-bond donors (Lipinski definition) is 1. The van der Waals surface area contributed by atoms with Crippen molar-refractivity contribution in [3.05, 3.63) is 0 Å².